The van der Waals surface area contributed by atoms with Crippen molar-refractivity contribution in [3.05, 3.63) is 64.2 Å². The maximum absolute atomic E-state index is 12.1. The standard InChI is InChI=1S/C21H20ClNO5/c1-14-3-5-15(6-4-14)11-23(2)19(24)12-26-20(25)8-7-16-9-17(22)21-18(10-16)27-13-28-21/h3-10H,11-13H2,1-2H3/b8-7+. The lowest BCUT2D eigenvalue weighted by Crippen LogP contribution is -2.30. The Morgan fingerprint density at radius 1 is 1.21 bits per heavy atom. The number of likely N-dealkylation sites (N-methyl/N-ethyl adjacent to an activating group) is 1. The maximum atomic E-state index is 12.1. The number of fused-ring (bicyclic) bond motifs is 1. The molecule has 2 aromatic carbocycles. The van der Waals surface area contributed by atoms with Gasteiger partial charge in [0.1, 0.15) is 0 Å². The molecule has 0 saturated carbocycles. The van der Waals surface area contributed by atoms with Gasteiger partial charge in [-0.3, -0.25) is 4.79 Å². The summed E-state index contributed by atoms with van der Waals surface area (Å²) in [5.41, 5.74) is 2.82. The first-order valence-electron chi connectivity index (χ1n) is 8.66. The van der Waals surface area contributed by atoms with E-state index >= 15 is 0 Å². The topological polar surface area (TPSA) is 65.1 Å². The van der Waals surface area contributed by atoms with Crippen LogP contribution in [0.2, 0.25) is 5.02 Å². The molecule has 6 nitrogen and oxygen atoms in total. The molecule has 0 saturated heterocycles. The normalized spacial score (nSPS) is 12.2. The minimum atomic E-state index is -0.620. The Labute approximate surface area is 168 Å². The molecule has 0 spiro atoms. The van der Waals surface area contributed by atoms with Gasteiger partial charge in [-0.1, -0.05) is 41.4 Å². The van der Waals surface area contributed by atoms with Crippen LogP contribution in [0.4, 0.5) is 0 Å². The Kier molecular flexibility index (Phi) is 6.21. The van der Waals surface area contributed by atoms with Crippen molar-refractivity contribution in [1.29, 1.82) is 0 Å². The first-order chi connectivity index (χ1) is 13.4. The second-order valence-electron chi connectivity index (χ2n) is 6.41. The number of aryl methyl sites for hydroxylation is 1. The summed E-state index contributed by atoms with van der Waals surface area (Å²) in [4.78, 5) is 25.5. The summed E-state index contributed by atoms with van der Waals surface area (Å²) in [6, 6.07) is 11.3. The van der Waals surface area contributed by atoms with Crippen molar-refractivity contribution in [2.24, 2.45) is 0 Å². The predicted molar refractivity (Wildman–Crippen MR) is 105 cm³/mol. The second kappa shape index (κ2) is 8.80. The molecule has 0 N–H and O–H groups in total. The van der Waals surface area contributed by atoms with Gasteiger partial charge < -0.3 is 19.1 Å². The van der Waals surface area contributed by atoms with Crippen LogP contribution in [0, 0.1) is 6.92 Å². The molecule has 1 aliphatic rings. The van der Waals surface area contributed by atoms with Crippen LogP contribution in [0.15, 0.2) is 42.5 Å². The van der Waals surface area contributed by atoms with Crippen molar-refractivity contribution in [2.75, 3.05) is 20.4 Å². The van der Waals surface area contributed by atoms with Crippen molar-refractivity contribution in [2.45, 2.75) is 13.5 Å². The fraction of sp³-hybridized carbons (Fsp3) is 0.238. The van der Waals surface area contributed by atoms with Crippen LogP contribution in [0.3, 0.4) is 0 Å². The van der Waals surface area contributed by atoms with Gasteiger partial charge in [0, 0.05) is 19.7 Å². The van der Waals surface area contributed by atoms with Crippen molar-refractivity contribution in [1.82, 2.24) is 4.90 Å². The van der Waals surface area contributed by atoms with Gasteiger partial charge in [0.05, 0.1) is 5.02 Å². The van der Waals surface area contributed by atoms with Gasteiger partial charge >= 0.3 is 5.97 Å². The van der Waals surface area contributed by atoms with E-state index in [1.54, 1.807) is 19.2 Å². The summed E-state index contributed by atoms with van der Waals surface area (Å²) >= 11 is 6.10. The molecule has 0 atom stereocenters. The molecule has 1 amide bonds. The van der Waals surface area contributed by atoms with E-state index in [1.807, 2.05) is 31.2 Å². The van der Waals surface area contributed by atoms with Crippen LogP contribution in [-0.4, -0.2) is 37.2 Å². The maximum Gasteiger partial charge on any atom is 0.331 e. The lowest BCUT2D eigenvalue weighted by Gasteiger charge is -2.17. The van der Waals surface area contributed by atoms with Crippen LogP contribution >= 0.6 is 11.6 Å². The van der Waals surface area contributed by atoms with Crippen LogP contribution in [0.25, 0.3) is 6.08 Å². The highest BCUT2D eigenvalue weighted by Gasteiger charge is 2.17. The lowest BCUT2D eigenvalue weighted by molar-refractivity contribution is -0.147. The highest BCUT2D eigenvalue weighted by molar-refractivity contribution is 6.32. The summed E-state index contributed by atoms with van der Waals surface area (Å²) in [6.45, 7) is 2.24. The van der Waals surface area contributed by atoms with E-state index in [0.29, 0.717) is 28.6 Å². The lowest BCUT2D eigenvalue weighted by atomic mass is 10.1. The molecule has 0 bridgehead atoms. The number of halogens is 1. The van der Waals surface area contributed by atoms with E-state index in [0.717, 1.165) is 11.1 Å². The molecule has 0 fully saturated rings. The Morgan fingerprint density at radius 3 is 2.71 bits per heavy atom. The number of carbonyl (C=O) groups is 2. The van der Waals surface area contributed by atoms with E-state index in [9.17, 15) is 9.59 Å². The Bertz CT molecular complexity index is 908. The van der Waals surface area contributed by atoms with E-state index in [-0.39, 0.29) is 19.3 Å². The zero-order valence-electron chi connectivity index (χ0n) is 15.6. The minimum Gasteiger partial charge on any atom is -0.454 e. The molecule has 0 aromatic heterocycles. The molecule has 0 radical (unpaired) electrons. The molecule has 28 heavy (non-hydrogen) atoms. The third-order valence-electron chi connectivity index (χ3n) is 4.17. The predicted octanol–water partition coefficient (Wildman–Crippen LogP) is 3.59. The Morgan fingerprint density at radius 2 is 1.96 bits per heavy atom. The summed E-state index contributed by atoms with van der Waals surface area (Å²) < 4.78 is 15.5. The molecule has 1 aliphatic heterocycles. The fourth-order valence-corrected chi connectivity index (χ4v) is 2.87. The molecule has 2 aromatic rings. The van der Waals surface area contributed by atoms with Crippen LogP contribution in [0.5, 0.6) is 11.5 Å². The number of amides is 1. The number of ether oxygens (including phenoxy) is 3. The average molecular weight is 402 g/mol. The highest BCUT2D eigenvalue weighted by Crippen LogP contribution is 2.40. The monoisotopic (exact) mass is 401 g/mol. The largest absolute Gasteiger partial charge is 0.454 e. The third kappa shape index (κ3) is 5.04. The number of rotatable bonds is 6. The van der Waals surface area contributed by atoms with Gasteiger partial charge in [0.25, 0.3) is 5.91 Å². The van der Waals surface area contributed by atoms with Gasteiger partial charge in [0.15, 0.2) is 18.1 Å². The van der Waals surface area contributed by atoms with Crippen LogP contribution in [0.1, 0.15) is 16.7 Å². The molecule has 1 heterocycles. The van der Waals surface area contributed by atoms with Gasteiger partial charge in [-0.15, -0.1) is 0 Å². The Hall–Kier alpha value is -2.99. The van der Waals surface area contributed by atoms with Crippen LogP contribution < -0.4 is 9.47 Å². The molecule has 3 rings (SSSR count). The first kappa shape index (κ1) is 19.8. The molecular weight excluding hydrogens is 382 g/mol. The molecule has 0 aliphatic carbocycles. The van der Waals surface area contributed by atoms with E-state index in [4.69, 9.17) is 25.8 Å². The fourth-order valence-electron chi connectivity index (χ4n) is 2.59. The van der Waals surface area contributed by atoms with Crippen molar-refractivity contribution >= 4 is 29.6 Å². The second-order valence-corrected chi connectivity index (χ2v) is 6.82. The molecule has 7 heteroatoms. The minimum absolute atomic E-state index is 0.114. The number of nitrogens with zero attached hydrogens (tertiary/aromatic N) is 1. The molecule has 0 unspecified atom stereocenters. The average Bonchev–Trinajstić information content (AvgIpc) is 3.15. The summed E-state index contributed by atoms with van der Waals surface area (Å²) in [7, 11) is 1.67. The van der Waals surface area contributed by atoms with Gasteiger partial charge in [-0.05, 0) is 36.3 Å². The number of hydrogen-bond acceptors (Lipinski definition) is 5. The smallest absolute Gasteiger partial charge is 0.331 e. The number of benzene rings is 2. The van der Waals surface area contributed by atoms with Gasteiger partial charge in [-0.2, -0.15) is 0 Å². The molecule has 146 valence electrons. The van der Waals surface area contributed by atoms with Crippen molar-refractivity contribution in [3.8, 4) is 11.5 Å². The summed E-state index contributed by atoms with van der Waals surface area (Å²) in [5, 5.41) is 0.399. The van der Waals surface area contributed by atoms with Crippen molar-refractivity contribution in [3.63, 3.8) is 0 Å². The third-order valence-corrected chi connectivity index (χ3v) is 4.45. The quantitative estimate of drug-likeness (QED) is 0.546. The van der Waals surface area contributed by atoms with Gasteiger partial charge in [-0.25, -0.2) is 4.79 Å². The zero-order chi connectivity index (χ0) is 20.1. The first-order valence-corrected chi connectivity index (χ1v) is 9.03. The van der Waals surface area contributed by atoms with E-state index in [2.05, 4.69) is 0 Å². The SMILES string of the molecule is Cc1ccc(CN(C)C(=O)COC(=O)/C=C/c2cc(Cl)c3c(c2)OCO3)cc1. The van der Waals surface area contributed by atoms with E-state index < -0.39 is 5.97 Å². The zero-order valence-corrected chi connectivity index (χ0v) is 16.4. The molecular formula is C21H20ClNO5. The van der Waals surface area contributed by atoms with E-state index in [1.165, 1.54) is 17.1 Å². The highest BCUT2D eigenvalue weighted by atomic mass is 35.5. The number of carbonyl (C=O) groups excluding carboxylic acids is 2. The van der Waals surface area contributed by atoms with Crippen LogP contribution in [-0.2, 0) is 20.9 Å². The van der Waals surface area contributed by atoms with Crippen molar-refractivity contribution < 1.29 is 23.8 Å². The summed E-state index contributed by atoms with van der Waals surface area (Å²) in [6.07, 6.45) is 2.78. The summed E-state index contributed by atoms with van der Waals surface area (Å²) in [5.74, 6) is 0.108. The number of hydrogen-bond donors (Lipinski definition) is 0. The number of esters is 1. The van der Waals surface area contributed by atoms with Gasteiger partial charge in [0.2, 0.25) is 6.79 Å². The Balaban J connectivity index is 1.49.